The first kappa shape index (κ1) is 14.5. The Morgan fingerprint density at radius 3 is 2.60 bits per heavy atom. The zero-order chi connectivity index (χ0) is 14.4. The van der Waals surface area contributed by atoms with Crippen LogP contribution in [0.25, 0.3) is 0 Å². The van der Waals surface area contributed by atoms with Gasteiger partial charge in [0.2, 0.25) is 5.88 Å². The van der Waals surface area contributed by atoms with Gasteiger partial charge in [-0.1, -0.05) is 36.8 Å². The van der Waals surface area contributed by atoms with Gasteiger partial charge in [-0.25, -0.2) is 9.97 Å². The maximum absolute atomic E-state index is 5.19. The van der Waals surface area contributed by atoms with Gasteiger partial charge in [0, 0.05) is 6.07 Å². The smallest absolute Gasteiger partial charge is 0.216 e. The summed E-state index contributed by atoms with van der Waals surface area (Å²) in [7, 11) is 1.62. The lowest BCUT2D eigenvalue weighted by atomic mass is 10.0. The first-order valence-corrected chi connectivity index (χ1v) is 6.90. The van der Waals surface area contributed by atoms with E-state index in [0.717, 1.165) is 18.7 Å². The highest BCUT2D eigenvalue weighted by molar-refractivity contribution is 5.31. The van der Waals surface area contributed by atoms with Gasteiger partial charge in [-0.05, 0) is 25.5 Å². The molecule has 1 unspecified atom stereocenters. The number of hydrogen-bond acceptors (Lipinski definition) is 4. The zero-order valence-corrected chi connectivity index (χ0v) is 12.3. The van der Waals surface area contributed by atoms with E-state index in [9.17, 15) is 0 Å². The summed E-state index contributed by atoms with van der Waals surface area (Å²) in [6.07, 6.45) is 2.62. The standard InChI is InChI=1S/C16H21N3O/c1-4-9-17-16(13-7-5-12(2)6-8-13)14-10-15(20-3)19-11-18-14/h5-8,10-11,16-17H,4,9H2,1-3H3. The Kier molecular flexibility index (Phi) is 5.07. The Morgan fingerprint density at radius 1 is 1.20 bits per heavy atom. The molecule has 0 spiro atoms. The molecule has 0 aliphatic carbocycles. The van der Waals surface area contributed by atoms with E-state index in [1.165, 1.54) is 11.1 Å². The Labute approximate surface area is 120 Å². The topological polar surface area (TPSA) is 47.0 Å². The van der Waals surface area contributed by atoms with Gasteiger partial charge in [0.1, 0.15) is 6.33 Å². The molecule has 1 heterocycles. The highest BCUT2D eigenvalue weighted by Gasteiger charge is 2.15. The van der Waals surface area contributed by atoms with Gasteiger partial charge in [0.25, 0.3) is 0 Å². The monoisotopic (exact) mass is 271 g/mol. The van der Waals surface area contributed by atoms with Gasteiger partial charge >= 0.3 is 0 Å². The molecule has 0 saturated carbocycles. The summed E-state index contributed by atoms with van der Waals surface area (Å²) in [5.74, 6) is 0.588. The van der Waals surface area contributed by atoms with Crippen LogP contribution in [-0.2, 0) is 0 Å². The second-order valence-corrected chi connectivity index (χ2v) is 4.78. The van der Waals surface area contributed by atoms with Crippen molar-refractivity contribution >= 4 is 0 Å². The van der Waals surface area contributed by atoms with Crippen LogP contribution in [0.1, 0.15) is 36.2 Å². The van der Waals surface area contributed by atoms with Gasteiger partial charge in [0.05, 0.1) is 18.8 Å². The van der Waals surface area contributed by atoms with E-state index in [2.05, 4.69) is 53.4 Å². The van der Waals surface area contributed by atoms with Crippen LogP contribution in [0.4, 0.5) is 0 Å². The van der Waals surface area contributed by atoms with E-state index >= 15 is 0 Å². The molecule has 1 atom stereocenters. The number of nitrogens with one attached hydrogen (secondary N) is 1. The van der Waals surface area contributed by atoms with Crippen molar-refractivity contribution in [2.45, 2.75) is 26.3 Å². The minimum Gasteiger partial charge on any atom is -0.481 e. The minimum atomic E-state index is 0.0625. The third-order valence-electron chi connectivity index (χ3n) is 3.18. The van der Waals surface area contributed by atoms with Crippen LogP contribution in [-0.4, -0.2) is 23.6 Å². The van der Waals surface area contributed by atoms with Crippen molar-refractivity contribution in [3.63, 3.8) is 0 Å². The number of ether oxygens (including phenoxy) is 1. The first-order chi connectivity index (χ1) is 9.74. The number of rotatable bonds is 6. The molecule has 4 nitrogen and oxygen atoms in total. The summed E-state index contributed by atoms with van der Waals surface area (Å²) in [6.45, 7) is 5.18. The molecule has 106 valence electrons. The molecule has 0 aliphatic heterocycles. The normalized spacial score (nSPS) is 12.2. The first-order valence-electron chi connectivity index (χ1n) is 6.90. The number of aromatic nitrogens is 2. The van der Waals surface area contributed by atoms with Crippen LogP contribution >= 0.6 is 0 Å². The van der Waals surface area contributed by atoms with Gasteiger partial charge in [-0.2, -0.15) is 0 Å². The lowest BCUT2D eigenvalue weighted by Gasteiger charge is -2.19. The summed E-state index contributed by atoms with van der Waals surface area (Å²) < 4.78 is 5.19. The summed E-state index contributed by atoms with van der Waals surface area (Å²) in [5, 5.41) is 3.53. The van der Waals surface area contributed by atoms with Crippen LogP contribution < -0.4 is 10.1 Å². The van der Waals surface area contributed by atoms with E-state index in [4.69, 9.17) is 4.74 Å². The lowest BCUT2D eigenvalue weighted by molar-refractivity contribution is 0.394. The minimum absolute atomic E-state index is 0.0625. The maximum Gasteiger partial charge on any atom is 0.216 e. The Morgan fingerprint density at radius 2 is 1.95 bits per heavy atom. The zero-order valence-electron chi connectivity index (χ0n) is 12.3. The molecule has 0 fully saturated rings. The lowest BCUT2D eigenvalue weighted by Crippen LogP contribution is -2.24. The number of nitrogens with zero attached hydrogens (tertiary/aromatic N) is 2. The van der Waals surface area contributed by atoms with Gasteiger partial charge in [-0.3, -0.25) is 0 Å². The van der Waals surface area contributed by atoms with Gasteiger partial charge in [0.15, 0.2) is 0 Å². The second-order valence-electron chi connectivity index (χ2n) is 4.78. The largest absolute Gasteiger partial charge is 0.481 e. The maximum atomic E-state index is 5.19. The van der Waals surface area contributed by atoms with Crippen molar-refractivity contribution in [3.8, 4) is 5.88 Å². The number of benzene rings is 1. The van der Waals surface area contributed by atoms with E-state index < -0.39 is 0 Å². The molecule has 1 aromatic carbocycles. The average molecular weight is 271 g/mol. The highest BCUT2D eigenvalue weighted by atomic mass is 16.5. The van der Waals surface area contributed by atoms with Crippen molar-refractivity contribution in [2.75, 3.05) is 13.7 Å². The molecule has 4 heteroatoms. The summed E-state index contributed by atoms with van der Waals surface area (Å²) >= 11 is 0. The molecule has 0 saturated heterocycles. The molecule has 1 aromatic heterocycles. The summed E-state index contributed by atoms with van der Waals surface area (Å²) in [4.78, 5) is 8.45. The average Bonchev–Trinajstić information content (AvgIpc) is 2.49. The summed E-state index contributed by atoms with van der Waals surface area (Å²) in [5.41, 5.74) is 3.38. The fourth-order valence-corrected chi connectivity index (χ4v) is 2.06. The predicted octanol–water partition coefficient (Wildman–Crippen LogP) is 2.88. The molecule has 2 aromatic rings. The molecule has 0 bridgehead atoms. The third kappa shape index (κ3) is 3.54. The van der Waals surface area contributed by atoms with Crippen molar-refractivity contribution in [1.82, 2.24) is 15.3 Å². The molecule has 2 rings (SSSR count). The van der Waals surface area contributed by atoms with Crippen molar-refractivity contribution in [1.29, 1.82) is 0 Å². The molecule has 20 heavy (non-hydrogen) atoms. The SMILES string of the molecule is CCCNC(c1ccc(C)cc1)c1cc(OC)ncn1. The molecule has 0 aliphatic rings. The van der Waals surface area contributed by atoms with Crippen molar-refractivity contribution < 1.29 is 4.74 Å². The summed E-state index contributed by atoms with van der Waals surface area (Å²) in [6, 6.07) is 10.5. The van der Waals surface area contributed by atoms with Crippen molar-refractivity contribution in [2.24, 2.45) is 0 Å². The van der Waals surface area contributed by atoms with Crippen LogP contribution in [0, 0.1) is 6.92 Å². The van der Waals surface area contributed by atoms with Crippen LogP contribution in [0.2, 0.25) is 0 Å². The van der Waals surface area contributed by atoms with Crippen molar-refractivity contribution in [3.05, 3.63) is 53.5 Å². The molecular weight excluding hydrogens is 250 g/mol. The van der Waals surface area contributed by atoms with Crippen LogP contribution in [0.3, 0.4) is 0 Å². The van der Waals surface area contributed by atoms with Crippen LogP contribution in [0.5, 0.6) is 5.88 Å². The van der Waals surface area contributed by atoms with E-state index in [1.54, 1.807) is 13.4 Å². The predicted molar refractivity (Wildman–Crippen MR) is 79.9 cm³/mol. The van der Waals surface area contributed by atoms with Gasteiger partial charge < -0.3 is 10.1 Å². The Hall–Kier alpha value is -1.94. The van der Waals surface area contributed by atoms with Gasteiger partial charge in [-0.15, -0.1) is 0 Å². The second kappa shape index (κ2) is 7.01. The Balaban J connectivity index is 2.32. The fraction of sp³-hybridized carbons (Fsp3) is 0.375. The number of methoxy groups -OCH3 is 1. The fourth-order valence-electron chi connectivity index (χ4n) is 2.06. The van der Waals surface area contributed by atoms with E-state index in [1.807, 2.05) is 6.07 Å². The number of hydrogen-bond donors (Lipinski definition) is 1. The Bertz CT molecular complexity index is 540. The third-order valence-corrected chi connectivity index (χ3v) is 3.18. The molecular formula is C16H21N3O. The molecule has 1 N–H and O–H groups in total. The quantitative estimate of drug-likeness (QED) is 0.877. The highest BCUT2D eigenvalue weighted by Crippen LogP contribution is 2.22. The number of aryl methyl sites for hydroxylation is 1. The van der Waals surface area contributed by atoms with E-state index in [-0.39, 0.29) is 6.04 Å². The van der Waals surface area contributed by atoms with E-state index in [0.29, 0.717) is 5.88 Å². The molecule has 0 amide bonds. The molecule has 0 radical (unpaired) electrons. The van der Waals surface area contributed by atoms with Crippen LogP contribution in [0.15, 0.2) is 36.7 Å².